The number of urea groups is 1. The van der Waals surface area contributed by atoms with Crippen LogP contribution in [0, 0.1) is 6.92 Å². The van der Waals surface area contributed by atoms with Crippen LogP contribution in [0.25, 0.3) is 0 Å². The van der Waals surface area contributed by atoms with Crippen molar-refractivity contribution in [3.63, 3.8) is 0 Å². The molecule has 0 saturated carbocycles. The Morgan fingerprint density at radius 1 is 1.50 bits per heavy atom. The Hall–Kier alpha value is -2.15. The number of amides is 2. The third kappa shape index (κ3) is 4.38. The molecule has 1 aromatic heterocycles. The molecule has 0 atom stereocenters. The number of hydrogen-bond donors (Lipinski definition) is 3. The summed E-state index contributed by atoms with van der Waals surface area (Å²) in [4.78, 5) is 29.5. The number of carbonyl (C=O) groups excluding carboxylic acids is 1. The van der Waals surface area contributed by atoms with Gasteiger partial charge in [-0.05, 0) is 19.1 Å². The van der Waals surface area contributed by atoms with Crippen LogP contribution in [0.2, 0.25) is 0 Å². The predicted octanol–water partition coefficient (Wildman–Crippen LogP) is 0.528. The van der Waals surface area contributed by atoms with Crippen LogP contribution < -0.4 is 10.8 Å². The molecule has 0 aliphatic rings. The number of rotatable bonds is 4. The maximum Gasteiger partial charge on any atom is 0.343 e. The Morgan fingerprint density at radius 2 is 2.25 bits per heavy atom. The lowest BCUT2D eigenvalue weighted by Crippen LogP contribution is -2.30. The molecule has 0 fully saturated rings. The highest BCUT2D eigenvalue weighted by Crippen LogP contribution is 2.04. The van der Waals surface area contributed by atoms with Crippen LogP contribution in [0.5, 0.6) is 0 Å². The fourth-order valence-electron chi connectivity index (χ4n) is 0.862. The summed E-state index contributed by atoms with van der Waals surface area (Å²) in [5, 5.41) is 10.7. The molecule has 86 valence electrons. The van der Waals surface area contributed by atoms with Gasteiger partial charge in [-0.1, -0.05) is 0 Å². The van der Waals surface area contributed by atoms with E-state index in [0.717, 1.165) is 5.69 Å². The van der Waals surface area contributed by atoms with Crippen LogP contribution in [0.1, 0.15) is 5.69 Å². The van der Waals surface area contributed by atoms with Gasteiger partial charge in [-0.3, -0.25) is 9.82 Å². The van der Waals surface area contributed by atoms with Gasteiger partial charge in [-0.25, -0.2) is 15.1 Å². The van der Waals surface area contributed by atoms with E-state index in [1.54, 1.807) is 12.1 Å². The zero-order valence-electron chi connectivity index (χ0n) is 8.56. The number of nitrogens with one attached hydrogen (secondary N) is 2. The van der Waals surface area contributed by atoms with Crippen LogP contribution in [-0.4, -0.2) is 28.7 Å². The van der Waals surface area contributed by atoms with E-state index in [1.807, 2.05) is 12.4 Å². The molecule has 0 aromatic carbocycles. The van der Waals surface area contributed by atoms with E-state index >= 15 is 0 Å². The number of pyridine rings is 1. The number of aromatic nitrogens is 1. The number of anilines is 1. The van der Waals surface area contributed by atoms with Crippen LogP contribution in [0.3, 0.4) is 0 Å². The topological polar surface area (TPSA) is 101 Å². The van der Waals surface area contributed by atoms with Gasteiger partial charge in [0.05, 0.1) is 11.9 Å². The Bertz CT molecular complexity index is 377. The smallest absolute Gasteiger partial charge is 0.343 e. The molecule has 16 heavy (non-hydrogen) atoms. The first-order valence-electron chi connectivity index (χ1n) is 4.41. The molecule has 0 bridgehead atoms. The third-order valence-electron chi connectivity index (χ3n) is 1.53. The summed E-state index contributed by atoms with van der Waals surface area (Å²) in [5.41, 5.74) is 3.23. The normalized spacial score (nSPS) is 9.56. The quantitative estimate of drug-likeness (QED) is 0.649. The van der Waals surface area contributed by atoms with Gasteiger partial charge < -0.3 is 10.4 Å². The molecule has 7 heteroatoms. The maximum absolute atomic E-state index is 11.1. The van der Waals surface area contributed by atoms with E-state index in [-0.39, 0.29) is 0 Å². The summed E-state index contributed by atoms with van der Waals surface area (Å²) < 4.78 is 0. The summed E-state index contributed by atoms with van der Waals surface area (Å²) in [5.74, 6) is -1.17. The first-order valence-corrected chi connectivity index (χ1v) is 4.41. The van der Waals surface area contributed by atoms with Gasteiger partial charge in [0, 0.05) is 5.69 Å². The van der Waals surface area contributed by atoms with E-state index in [9.17, 15) is 9.59 Å². The van der Waals surface area contributed by atoms with E-state index < -0.39 is 18.6 Å². The minimum atomic E-state index is -1.17. The molecular weight excluding hydrogens is 214 g/mol. The molecule has 0 aliphatic heterocycles. The fourth-order valence-corrected chi connectivity index (χ4v) is 0.862. The Morgan fingerprint density at radius 3 is 2.81 bits per heavy atom. The molecular formula is C9H11N3O4. The number of hydrogen-bond acceptors (Lipinski definition) is 4. The highest BCUT2D eigenvalue weighted by atomic mass is 16.7. The second-order valence-electron chi connectivity index (χ2n) is 2.93. The second-order valence-corrected chi connectivity index (χ2v) is 2.93. The van der Waals surface area contributed by atoms with E-state index in [4.69, 9.17) is 5.11 Å². The standard InChI is InChI=1S/C9H11N3O4/c1-6-2-3-7(4-10-6)11-9(15)12-16-5-8(13)14/h2-4H,5H2,1H3,(H,13,14)(H2,11,12,15). The lowest BCUT2D eigenvalue weighted by atomic mass is 10.3. The summed E-state index contributed by atoms with van der Waals surface area (Å²) in [6.07, 6.45) is 1.48. The molecule has 2 amide bonds. The molecule has 3 N–H and O–H groups in total. The van der Waals surface area contributed by atoms with Gasteiger partial charge in [0.15, 0.2) is 6.61 Å². The van der Waals surface area contributed by atoms with E-state index in [0.29, 0.717) is 5.69 Å². The molecule has 0 unspecified atom stereocenters. The van der Waals surface area contributed by atoms with Gasteiger partial charge in [0.2, 0.25) is 0 Å². The Balaban J connectivity index is 2.34. The van der Waals surface area contributed by atoms with Crippen molar-refractivity contribution in [3.8, 4) is 0 Å². The largest absolute Gasteiger partial charge is 0.479 e. The molecule has 1 rings (SSSR count). The number of aliphatic carboxylic acids is 1. The molecule has 0 spiro atoms. The van der Waals surface area contributed by atoms with Crippen molar-refractivity contribution in [1.82, 2.24) is 10.5 Å². The molecule has 7 nitrogen and oxygen atoms in total. The molecule has 1 aromatic rings. The number of carbonyl (C=O) groups is 2. The van der Waals surface area contributed by atoms with Crippen LogP contribution in [0.4, 0.5) is 10.5 Å². The lowest BCUT2D eigenvalue weighted by molar-refractivity contribution is -0.143. The molecule has 0 aliphatic carbocycles. The Labute approximate surface area is 91.4 Å². The van der Waals surface area contributed by atoms with Gasteiger partial charge >= 0.3 is 12.0 Å². The van der Waals surface area contributed by atoms with Crippen molar-refractivity contribution in [3.05, 3.63) is 24.0 Å². The number of carboxylic acid groups (broad SMARTS) is 1. The molecule has 1 heterocycles. The molecule has 0 saturated heterocycles. The van der Waals surface area contributed by atoms with Gasteiger partial charge in [0.1, 0.15) is 0 Å². The lowest BCUT2D eigenvalue weighted by Gasteiger charge is -2.06. The van der Waals surface area contributed by atoms with Gasteiger partial charge in [0.25, 0.3) is 0 Å². The van der Waals surface area contributed by atoms with Crippen LogP contribution in [0.15, 0.2) is 18.3 Å². The van der Waals surface area contributed by atoms with Gasteiger partial charge in [-0.2, -0.15) is 0 Å². The highest BCUT2D eigenvalue weighted by Gasteiger charge is 2.03. The zero-order chi connectivity index (χ0) is 12.0. The number of nitrogens with zero attached hydrogens (tertiary/aromatic N) is 1. The zero-order valence-corrected chi connectivity index (χ0v) is 8.56. The van der Waals surface area contributed by atoms with Crippen LogP contribution >= 0.6 is 0 Å². The fraction of sp³-hybridized carbons (Fsp3) is 0.222. The average Bonchev–Trinajstić information content (AvgIpc) is 2.21. The van der Waals surface area contributed by atoms with Crippen molar-refractivity contribution in [2.45, 2.75) is 6.92 Å². The number of hydroxylamine groups is 1. The minimum absolute atomic E-state index is 0.488. The molecule has 0 radical (unpaired) electrons. The summed E-state index contributed by atoms with van der Waals surface area (Å²) in [6, 6.07) is 2.74. The van der Waals surface area contributed by atoms with Gasteiger partial charge in [-0.15, -0.1) is 0 Å². The highest BCUT2D eigenvalue weighted by molar-refractivity contribution is 5.88. The van der Waals surface area contributed by atoms with E-state index in [1.165, 1.54) is 6.20 Å². The van der Waals surface area contributed by atoms with Crippen molar-refractivity contribution in [1.29, 1.82) is 0 Å². The Kier molecular flexibility index (Phi) is 4.22. The number of aryl methyl sites for hydroxylation is 1. The van der Waals surface area contributed by atoms with Crippen molar-refractivity contribution in [2.24, 2.45) is 0 Å². The van der Waals surface area contributed by atoms with E-state index in [2.05, 4.69) is 15.1 Å². The second kappa shape index (κ2) is 5.66. The summed E-state index contributed by atoms with van der Waals surface area (Å²) >= 11 is 0. The first-order chi connectivity index (χ1) is 7.58. The van der Waals surface area contributed by atoms with Crippen molar-refractivity contribution in [2.75, 3.05) is 11.9 Å². The van der Waals surface area contributed by atoms with Crippen molar-refractivity contribution >= 4 is 17.7 Å². The summed E-state index contributed by atoms with van der Waals surface area (Å²) in [6.45, 7) is 1.22. The SMILES string of the molecule is Cc1ccc(NC(=O)NOCC(=O)O)cn1. The van der Waals surface area contributed by atoms with Crippen molar-refractivity contribution < 1.29 is 19.5 Å². The third-order valence-corrected chi connectivity index (χ3v) is 1.53. The minimum Gasteiger partial charge on any atom is -0.479 e. The average molecular weight is 225 g/mol. The van der Waals surface area contributed by atoms with Crippen LogP contribution in [-0.2, 0) is 9.63 Å². The number of carboxylic acids is 1. The first kappa shape index (κ1) is 11.9. The maximum atomic E-state index is 11.1. The monoisotopic (exact) mass is 225 g/mol. The summed E-state index contributed by atoms with van der Waals surface area (Å²) in [7, 11) is 0. The predicted molar refractivity (Wildman–Crippen MR) is 54.7 cm³/mol.